The average molecular weight is 558 g/mol. The Labute approximate surface area is 217 Å². The molecule has 0 atom stereocenters. The molecule has 2 aromatic carbocycles. The van der Waals surface area contributed by atoms with Crippen LogP contribution in [-0.4, -0.2) is 54.5 Å². The molecule has 1 N–H and O–H groups in total. The second-order valence-corrected chi connectivity index (χ2v) is 8.97. The molecule has 0 radical (unpaired) electrons. The van der Waals surface area contributed by atoms with Crippen molar-refractivity contribution in [2.45, 2.75) is 37.3 Å². The number of piperazine rings is 1. The van der Waals surface area contributed by atoms with Crippen molar-refractivity contribution in [3.8, 4) is 0 Å². The monoisotopic (exact) mass is 557 g/mol. The fraction of sp³-hybridized carbons (Fsp3) is 0.458. The predicted molar refractivity (Wildman–Crippen MR) is 128 cm³/mol. The van der Waals surface area contributed by atoms with Gasteiger partial charge in [0.25, 0.3) is 0 Å². The molecule has 0 aromatic heterocycles. The minimum absolute atomic E-state index is 0. The zero-order chi connectivity index (χ0) is 24.7. The summed E-state index contributed by atoms with van der Waals surface area (Å²) in [4.78, 5) is 17.2. The normalized spacial score (nSPS) is 17.5. The zero-order valence-electron chi connectivity index (χ0n) is 19.4. The van der Waals surface area contributed by atoms with Crippen LogP contribution in [0.1, 0.15) is 27.8 Å². The number of nitrogens with one attached hydrogen (secondary N) is 1. The standard InChI is InChI=1S/C24H25F6N3O.2ClH/c1-32(15-16-10-19(23(25,26)27)12-20(11-16)24(28,29)30)21(34)22(33-8-6-31-7-9-33)13-17-4-2-3-5-18(17)14-22;;/h2-5,10-12,31H,6-9,13-15H2,1H3;2*1H. The molecule has 2 aromatic rings. The molecule has 4 nitrogen and oxygen atoms in total. The summed E-state index contributed by atoms with van der Waals surface area (Å²) in [5.41, 5.74) is -1.85. The molecule has 12 heteroatoms. The number of alkyl halides is 6. The number of carbonyl (C=O) groups is 1. The third kappa shape index (κ3) is 6.10. The Kier molecular flexibility index (Phi) is 9.37. The fourth-order valence-electron chi connectivity index (χ4n) is 5.01. The lowest BCUT2D eigenvalue weighted by atomic mass is 9.90. The number of amides is 1. The number of hydrogen-bond acceptors (Lipinski definition) is 3. The van der Waals surface area contributed by atoms with Crippen molar-refractivity contribution in [2.24, 2.45) is 0 Å². The lowest BCUT2D eigenvalue weighted by Gasteiger charge is -2.44. The Hall–Kier alpha value is -2.01. The van der Waals surface area contributed by atoms with Crippen LogP contribution in [0.25, 0.3) is 0 Å². The molecule has 1 aliphatic carbocycles. The highest BCUT2D eigenvalue weighted by molar-refractivity contribution is 5.88. The molecular formula is C24H27Cl2F6N3O. The van der Waals surface area contributed by atoms with E-state index < -0.39 is 29.0 Å². The van der Waals surface area contributed by atoms with E-state index in [2.05, 4.69) is 10.2 Å². The predicted octanol–water partition coefficient (Wildman–Crippen LogP) is 4.97. The molecule has 1 saturated heterocycles. The highest BCUT2D eigenvalue weighted by Crippen LogP contribution is 2.38. The maximum atomic E-state index is 13.8. The minimum atomic E-state index is -4.94. The number of benzene rings is 2. The lowest BCUT2D eigenvalue weighted by molar-refractivity contribution is -0.144. The van der Waals surface area contributed by atoms with Crippen LogP contribution in [0.4, 0.5) is 26.3 Å². The summed E-state index contributed by atoms with van der Waals surface area (Å²) in [7, 11) is 1.43. The highest BCUT2D eigenvalue weighted by atomic mass is 35.5. The van der Waals surface area contributed by atoms with Crippen molar-refractivity contribution in [1.82, 2.24) is 15.1 Å². The van der Waals surface area contributed by atoms with Crippen molar-refractivity contribution in [2.75, 3.05) is 33.2 Å². The smallest absolute Gasteiger partial charge is 0.340 e. The van der Waals surface area contributed by atoms with Gasteiger partial charge in [-0.1, -0.05) is 24.3 Å². The Balaban J connectivity index is 0.00000228. The van der Waals surface area contributed by atoms with E-state index in [1.165, 1.54) is 11.9 Å². The van der Waals surface area contributed by atoms with Crippen LogP contribution in [-0.2, 0) is 36.5 Å². The van der Waals surface area contributed by atoms with E-state index >= 15 is 0 Å². The Morgan fingerprint density at radius 3 is 1.83 bits per heavy atom. The highest BCUT2D eigenvalue weighted by Gasteiger charge is 2.49. The summed E-state index contributed by atoms with van der Waals surface area (Å²) in [5, 5.41) is 3.25. The van der Waals surface area contributed by atoms with Gasteiger partial charge >= 0.3 is 12.4 Å². The van der Waals surface area contributed by atoms with Crippen LogP contribution in [0.2, 0.25) is 0 Å². The molecule has 200 valence electrons. The van der Waals surface area contributed by atoms with Gasteiger partial charge in [0, 0.05) is 52.6 Å². The average Bonchev–Trinajstić information content (AvgIpc) is 3.18. The van der Waals surface area contributed by atoms with Crippen LogP contribution in [0.5, 0.6) is 0 Å². The topological polar surface area (TPSA) is 35.6 Å². The summed E-state index contributed by atoms with van der Waals surface area (Å²) in [6.45, 7) is 2.26. The molecule has 0 unspecified atom stereocenters. The first-order valence-corrected chi connectivity index (χ1v) is 11.0. The van der Waals surface area contributed by atoms with Crippen LogP contribution in [0.3, 0.4) is 0 Å². The van der Waals surface area contributed by atoms with Crippen molar-refractivity contribution in [3.05, 3.63) is 70.3 Å². The molecule has 4 rings (SSSR count). The Morgan fingerprint density at radius 1 is 0.917 bits per heavy atom. The van der Waals surface area contributed by atoms with E-state index in [-0.39, 0.29) is 48.9 Å². The third-order valence-corrected chi connectivity index (χ3v) is 6.62. The molecule has 0 spiro atoms. The van der Waals surface area contributed by atoms with Crippen molar-refractivity contribution in [3.63, 3.8) is 0 Å². The quantitative estimate of drug-likeness (QED) is 0.539. The molecule has 1 amide bonds. The summed E-state index contributed by atoms with van der Waals surface area (Å²) in [6.07, 6.45) is -8.98. The molecule has 2 aliphatic rings. The SMILES string of the molecule is CN(Cc1cc(C(F)(F)F)cc(C(F)(F)F)c1)C(=O)C1(N2CCNCC2)Cc2ccccc2C1.Cl.Cl. The maximum absolute atomic E-state index is 13.8. The van der Waals surface area contributed by atoms with Gasteiger partial charge in [-0.05, 0) is 34.9 Å². The van der Waals surface area contributed by atoms with E-state index in [1.54, 1.807) is 0 Å². The Morgan fingerprint density at radius 2 is 1.39 bits per heavy atom. The largest absolute Gasteiger partial charge is 0.416 e. The zero-order valence-corrected chi connectivity index (χ0v) is 21.0. The molecule has 0 bridgehead atoms. The van der Waals surface area contributed by atoms with Crippen molar-refractivity contribution < 1.29 is 31.1 Å². The van der Waals surface area contributed by atoms with Crippen molar-refractivity contribution >= 4 is 30.7 Å². The molecule has 36 heavy (non-hydrogen) atoms. The van der Waals surface area contributed by atoms with Crippen molar-refractivity contribution in [1.29, 1.82) is 0 Å². The van der Waals surface area contributed by atoms with Gasteiger partial charge < -0.3 is 10.2 Å². The van der Waals surface area contributed by atoms with Crippen LogP contribution in [0.15, 0.2) is 42.5 Å². The first-order valence-electron chi connectivity index (χ1n) is 11.0. The van der Waals surface area contributed by atoms with E-state index in [4.69, 9.17) is 0 Å². The number of hydrogen-bond donors (Lipinski definition) is 1. The third-order valence-electron chi connectivity index (χ3n) is 6.62. The number of fused-ring (bicyclic) bond motifs is 1. The molecular weight excluding hydrogens is 531 g/mol. The number of carbonyl (C=O) groups excluding carboxylic acids is 1. The van der Waals surface area contributed by atoms with Gasteiger partial charge in [0.15, 0.2) is 0 Å². The van der Waals surface area contributed by atoms with E-state index in [0.717, 1.165) is 11.1 Å². The van der Waals surface area contributed by atoms with Gasteiger partial charge in [-0.25, -0.2) is 0 Å². The summed E-state index contributed by atoms with van der Waals surface area (Å²) in [6, 6.07) is 9.15. The van der Waals surface area contributed by atoms with Crippen LogP contribution in [0, 0.1) is 0 Å². The van der Waals surface area contributed by atoms with Gasteiger partial charge in [-0.2, -0.15) is 26.3 Å². The number of rotatable bonds is 4. The van der Waals surface area contributed by atoms with Crippen LogP contribution >= 0.6 is 24.8 Å². The molecule has 0 saturated carbocycles. The van der Waals surface area contributed by atoms with Gasteiger partial charge in [0.1, 0.15) is 5.54 Å². The minimum Gasteiger partial charge on any atom is -0.340 e. The Bertz CT molecular complexity index is 1010. The fourth-order valence-corrected chi connectivity index (χ4v) is 5.01. The number of halogens is 8. The molecule has 1 aliphatic heterocycles. The number of nitrogens with zero attached hydrogens (tertiary/aromatic N) is 2. The van der Waals surface area contributed by atoms with E-state index in [1.807, 2.05) is 24.3 Å². The summed E-state index contributed by atoms with van der Waals surface area (Å²) in [5.74, 6) is -0.309. The second kappa shape index (κ2) is 11.2. The first-order chi connectivity index (χ1) is 15.9. The molecule has 1 heterocycles. The van der Waals surface area contributed by atoms with E-state index in [0.29, 0.717) is 51.2 Å². The summed E-state index contributed by atoms with van der Waals surface area (Å²) < 4.78 is 79.6. The summed E-state index contributed by atoms with van der Waals surface area (Å²) >= 11 is 0. The lowest BCUT2D eigenvalue weighted by Crippen LogP contribution is -2.63. The van der Waals surface area contributed by atoms with Gasteiger partial charge in [-0.3, -0.25) is 9.69 Å². The van der Waals surface area contributed by atoms with E-state index in [9.17, 15) is 31.1 Å². The van der Waals surface area contributed by atoms with Crippen LogP contribution < -0.4 is 5.32 Å². The van der Waals surface area contributed by atoms with Gasteiger partial charge in [-0.15, -0.1) is 24.8 Å². The second-order valence-electron chi connectivity index (χ2n) is 8.97. The number of likely N-dealkylation sites (N-methyl/N-ethyl adjacent to an activating group) is 1. The first kappa shape index (κ1) is 30.2. The maximum Gasteiger partial charge on any atom is 0.416 e. The van der Waals surface area contributed by atoms with Gasteiger partial charge in [0.05, 0.1) is 11.1 Å². The van der Waals surface area contributed by atoms with Gasteiger partial charge in [0.2, 0.25) is 5.91 Å². The molecule has 1 fully saturated rings.